The van der Waals surface area contributed by atoms with Crippen LogP contribution < -0.4 is 11.1 Å². The lowest BCUT2D eigenvalue weighted by Crippen LogP contribution is -2.36. The highest BCUT2D eigenvalue weighted by atomic mass is 19.1. The molecule has 5 heteroatoms. The summed E-state index contributed by atoms with van der Waals surface area (Å²) in [6.07, 6.45) is 2.09. The topological polar surface area (TPSA) is 58.4 Å². The van der Waals surface area contributed by atoms with Crippen LogP contribution in [0.25, 0.3) is 0 Å². The monoisotopic (exact) mass is 267 g/mol. The minimum Gasteiger partial charge on any atom is -0.399 e. The van der Waals surface area contributed by atoms with Gasteiger partial charge in [-0.1, -0.05) is 13.3 Å². The summed E-state index contributed by atoms with van der Waals surface area (Å²) in [7, 11) is 1.88. The first-order valence-corrected chi connectivity index (χ1v) is 6.49. The fourth-order valence-electron chi connectivity index (χ4n) is 1.85. The van der Waals surface area contributed by atoms with Crippen molar-refractivity contribution in [2.75, 3.05) is 24.6 Å². The number of nitrogens with two attached hydrogens (primary N) is 1. The van der Waals surface area contributed by atoms with Crippen molar-refractivity contribution >= 4 is 17.3 Å². The predicted molar refractivity (Wildman–Crippen MR) is 76.4 cm³/mol. The number of likely N-dealkylation sites (N-methyl/N-ethyl adjacent to an activating group) is 1. The van der Waals surface area contributed by atoms with Gasteiger partial charge in [-0.25, -0.2) is 4.39 Å². The first kappa shape index (κ1) is 15.4. The van der Waals surface area contributed by atoms with Crippen LogP contribution in [-0.4, -0.2) is 30.4 Å². The molecule has 0 aliphatic carbocycles. The molecule has 0 heterocycles. The van der Waals surface area contributed by atoms with E-state index in [4.69, 9.17) is 5.73 Å². The third kappa shape index (κ3) is 4.87. The maximum atomic E-state index is 13.5. The molecule has 0 bridgehead atoms. The minimum atomic E-state index is -0.480. The van der Waals surface area contributed by atoms with Crippen LogP contribution in [0, 0.1) is 5.82 Å². The van der Waals surface area contributed by atoms with Crippen LogP contribution >= 0.6 is 0 Å². The molecule has 0 saturated heterocycles. The number of amides is 1. The lowest BCUT2D eigenvalue weighted by Gasteiger charge is -2.23. The highest BCUT2D eigenvalue weighted by Gasteiger charge is 2.13. The van der Waals surface area contributed by atoms with Gasteiger partial charge in [-0.2, -0.15) is 0 Å². The van der Waals surface area contributed by atoms with Gasteiger partial charge in [0, 0.05) is 11.7 Å². The Morgan fingerprint density at radius 1 is 1.53 bits per heavy atom. The van der Waals surface area contributed by atoms with Crippen LogP contribution in [0.3, 0.4) is 0 Å². The molecule has 1 aromatic carbocycles. The summed E-state index contributed by atoms with van der Waals surface area (Å²) in [6, 6.07) is 4.44. The zero-order valence-corrected chi connectivity index (χ0v) is 11.7. The van der Waals surface area contributed by atoms with Gasteiger partial charge in [-0.3, -0.25) is 9.69 Å². The number of benzene rings is 1. The molecule has 1 rings (SSSR count). The van der Waals surface area contributed by atoms with Crippen molar-refractivity contribution in [2.45, 2.75) is 32.7 Å². The molecule has 0 radical (unpaired) electrons. The lowest BCUT2D eigenvalue weighted by molar-refractivity contribution is -0.117. The van der Waals surface area contributed by atoms with Crippen molar-refractivity contribution in [3.63, 3.8) is 0 Å². The molecule has 0 spiro atoms. The highest BCUT2D eigenvalue weighted by Crippen LogP contribution is 2.17. The molecule has 0 aromatic heterocycles. The van der Waals surface area contributed by atoms with E-state index in [0.29, 0.717) is 11.7 Å². The van der Waals surface area contributed by atoms with Crippen molar-refractivity contribution in [3.8, 4) is 0 Å². The maximum Gasteiger partial charge on any atom is 0.238 e. The first-order valence-electron chi connectivity index (χ1n) is 6.49. The number of carbonyl (C=O) groups is 1. The zero-order valence-electron chi connectivity index (χ0n) is 11.7. The summed E-state index contributed by atoms with van der Waals surface area (Å²) in [4.78, 5) is 13.8. The van der Waals surface area contributed by atoms with Gasteiger partial charge < -0.3 is 11.1 Å². The minimum absolute atomic E-state index is 0.126. The molecule has 1 amide bonds. The third-order valence-electron chi connectivity index (χ3n) is 3.12. The van der Waals surface area contributed by atoms with Gasteiger partial charge in [0.15, 0.2) is 0 Å². The Kier molecular flexibility index (Phi) is 5.76. The molecule has 0 fully saturated rings. The third-order valence-corrected chi connectivity index (χ3v) is 3.12. The van der Waals surface area contributed by atoms with E-state index < -0.39 is 5.82 Å². The van der Waals surface area contributed by atoms with Gasteiger partial charge in [0.05, 0.1) is 12.2 Å². The largest absolute Gasteiger partial charge is 0.399 e. The molecular weight excluding hydrogens is 245 g/mol. The second-order valence-corrected chi connectivity index (χ2v) is 4.84. The molecule has 1 unspecified atom stereocenters. The Bertz CT molecular complexity index is 437. The van der Waals surface area contributed by atoms with Gasteiger partial charge in [0.2, 0.25) is 5.91 Å². The SMILES string of the molecule is CCCC(C)N(C)CC(=O)Nc1cc(N)ccc1F. The Hall–Kier alpha value is -1.62. The molecule has 106 valence electrons. The molecule has 1 aromatic rings. The summed E-state index contributed by atoms with van der Waals surface area (Å²) in [5, 5.41) is 2.54. The Morgan fingerprint density at radius 2 is 2.21 bits per heavy atom. The number of nitrogen functional groups attached to an aromatic ring is 1. The Balaban J connectivity index is 2.57. The fourth-order valence-corrected chi connectivity index (χ4v) is 1.85. The normalized spacial score (nSPS) is 12.5. The second kappa shape index (κ2) is 7.09. The van der Waals surface area contributed by atoms with E-state index in [-0.39, 0.29) is 18.1 Å². The van der Waals surface area contributed by atoms with E-state index >= 15 is 0 Å². The van der Waals surface area contributed by atoms with E-state index in [2.05, 4.69) is 19.2 Å². The van der Waals surface area contributed by atoms with Crippen molar-refractivity contribution in [3.05, 3.63) is 24.0 Å². The number of anilines is 2. The smallest absolute Gasteiger partial charge is 0.238 e. The van der Waals surface area contributed by atoms with Gasteiger partial charge in [0.1, 0.15) is 5.82 Å². The summed E-state index contributed by atoms with van der Waals surface area (Å²) in [5.41, 5.74) is 6.11. The van der Waals surface area contributed by atoms with Crippen LogP contribution in [0.1, 0.15) is 26.7 Å². The van der Waals surface area contributed by atoms with Crippen molar-refractivity contribution in [1.82, 2.24) is 4.90 Å². The van der Waals surface area contributed by atoms with E-state index in [1.807, 2.05) is 11.9 Å². The highest BCUT2D eigenvalue weighted by molar-refractivity contribution is 5.92. The average Bonchev–Trinajstić information content (AvgIpc) is 2.34. The van der Waals surface area contributed by atoms with Gasteiger partial charge in [-0.15, -0.1) is 0 Å². The zero-order chi connectivity index (χ0) is 14.4. The number of halogens is 1. The summed E-state index contributed by atoms with van der Waals surface area (Å²) in [5.74, 6) is -0.721. The van der Waals surface area contributed by atoms with Crippen LogP contribution in [0.2, 0.25) is 0 Å². The molecular formula is C14H22FN3O. The number of rotatable bonds is 6. The number of nitrogens with one attached hydrogen (secondary N) is 1. The molecule has 4 nitrogen and oxygen atoms in total. The molecule has 0 aliphatic heterocycles. The molecule has 3 N–H and O–H groups in total. The maximum absolute atomic E-state index is 13.5. The van der Waals surface area contributed by atoms with Crippen LogP contribution in [0.5, 0.6) is 0 Å². The Morgan fingerprint density at radius 3 is 2.84 bits per heavy atom. The second-order valence-electron chi connectivity index (χ2n) is 4.84. The fraction of sp³-hybridized carbons (Fsp3) is 0.500. The molecule has 1 atom stereocenters. The van der Waals surface area contributed by atoms with Crippen molar-refractivity contribution in [1.29, 1.82) is 0 Å². The first-order chi connectivity index (χ1) is 8.93. The standard InChI is InChI=1S/C14H22FN3O/c1-4-5-10(2)18(3)9-14(19)17-13-8-11(16)6-7-12(13)15/h6-8,10H,4-5,9,16H2,1-3H3,(H,17,19). The summed E-state index contributed by atoms with van der Waals surface area (Å²) in [6.45, 7) is 4.40. The molecule has 0 aliphatic rings. The van der Waals surface area contributed by atoms with E-state index in [0.717, 1.165) is 12.8 Å². The van der Waals surface area contributed by atoms with Gasteiger partial charge in [0.25, 0.3) is 0 Å². The number of hydrogen-bond acceptors (Lipinski definition) is 3. The van der Waals surface area contributed by atoms with E-state index in [9.17, 15) is 9.18 Å². The van der Waals surface area contributed by atoms with Crippen molar-refractivity contribution in [2.24, 2.45) is 0 Å². The van der Waals surface area contributed by atoms with E-state index in [1.165, 1.54) is 18.2 Å². The van der Waals surface area contributed by atoms with Crippen LogP contribution in [-0.2, 0) is 4.79 Å². The number of carbonyl (C=O) groups excluding carboxylic acids is 1. The van der Waals surface area contributed by atoms with Crippen molar-refractivity contribution < 1.29 is 9.18 Å². The summed E-state index contributed by atoms with van der Waals surface area (Å²) < 4.78 is 13.5. The molecule has 19 heavy (non-hydrogen) atoms. The van der Waals surface area contributed by atoms with Gasteiger partial charge in [-0.05, 0) is 38.6 Å². The van der Waals surface area contributed by atoms with Crippen LogP contribution in [0.4, 0.5) is 15.8 Å². The Labute approximate surface area is 113 Å². The predicted octanol–water partition coefficient (Wildman–Crippen LogP) is 2.47. The van der Waals surface area contributed by atoms with Crippen LogP contribution in [0.15, 0.2) is 18.2 Å². The number of nitrogens with zero attached hydrogens (tertiary/aromatic N) is 1. The van der Waals surface area contributed by atoms with E-state index in [1.54, 1.807) is 0 Å². The average molecular weight is 267 g/mol. The molecule has 0 saturated carbocycles. The number of hydrogen-bond donors (Lipinski definition) is 2. The lowest BCUT2D eigenvalue weighted by atomic mass is 10.2. The van der Waals surface area contributed by atoms with Gasteiger partial charge >= 0.3 is 0 Å². The quantitative estimate of drug-likeness (QED) is 0.778. The summed E-state index contributed by atoms with van der Waals surface area (Å²) >= 11 is 0.